The van der Waals surface area contributed by atoms with Gasteiger partial charge in [-0.1, -0.05) is 31.4 Å². The van der Waals surface area contributed by atoms with Gasteiger partial charge in [0.05, 0.1) is 23.7 Å². The van der Waals surface area contributed by atoms with E-state index in [1.165, 1.54) is 17.8 Å². The first-order chi connectivity index (χ1) is 14.4. The van der Waals surface area contributed by atoms with E-state index in [1.807, 2.05) is 0 Å². The average Bonchev–Trinajstić information content (AvgIpc) is 2.74. The van der Waals surface area contributed by atoms with Crippen LogP contribution in [-0.2, 0) is 20.9 Å². The minimum Gasteiger partial charge on any atom is -0.452 e. The van der Waals surface area contributed by atoms with E-state index in [0.717, 1.165) is 32.1 Å². The Morgan fingerprint density at radius 3 is 2.70 bits per heavy atom. The maximum absolute atomic E-state index is 12.4. The minimum atomic E-state index is -1.12. The van der Waals surface area contributed by atoms with Gasteiger partial charge in [0.15, 0.2) is 6.10 Å². The number of aryl methyl sites for hydroxylation is 1. The highest BCUT2D eigenvalue weighted by Crippen LogP contribution is 2.17. The number of nitrogens with zero attached hydrogens (tertiary/aromatic N) is 2. The van der Waals surface area contributed by atoms with Crippen LogP contribution in [0.4, 0.5) is 4.79 Å². The van der Waals surface area contributed by atoms with Crippen LogP contribution in [0.15, 0.2) is 35.4 Å². The molecule has 160 valence electrons. The SMILES string of the molecule is CC(OC(=O)CCn1cnc2ccccc2c1=O)C(=O)NC(=O)NC1CCCCC1. The van der Waals surface area contributed by atoms with E-state index in [9.17, 15) is 19.2 Å². The molecule has 3 amide bonds. The van der Waals surface area contributed by atoms with Crippen molar-refractivity contribution in [1.29, 1.82) is 0 Å². The minimum absolute atomic E-state index is 0.0679. The Kier molecular flexibility index (Phi) is 7.16. The van der Waals surface area contributed by atoms with Crippen molar-refractivity contribution >= 4 is 28.8 Å². The molecule has 0 radical (unpaired) electrons. The molecular formula is C21H26N4O5. The number of benzene rings is 1. The van der Waals surface area contributed by atoms with Crippen molar-refractivity contribution < 1.29 is 19.1 Å². The van der Waals surface area contributed by atoms with Gasteiger partial charge in [0, 0.05) is 12.6 Å². The number of hydrogen-bond donors (Lipinski definition) is 2. The molecule has 1 aromatic heterocycles. The van der Waals surface area contributed by atoms with Gasteiger partial charge in [0.2, 0.25) is 0 Å². The van der Waals surface area contributed by atoms with Gasteiger partial charge in [-0.25, -0.2) is 9.78 Å². The van der Waals surface area contributed by atoms with Crippen molar-refractivity contribution in [3.8, 4) is 0 Å². The van der Waals surface area contributed by atoms with Crippen LogP contribution in [-0.4, -0.2) is 39.6 Å². The van der Waals surface area contributed by atoms with Crippen LogP contribution in [0.25, 0.3) is 10.9 Å². The third-order valence-corrected chi connectivity index (χ3v) is 5.14. The lowest BCUT2D eigenvalue weighted by molar-refractivity contribution is -0.154. The Balaban J connectivity index is 1.46. The van der Waals surface area contributed by atoms with Gasteiger partial charge in [-0.3, -0.25) is 24.3 Å². The average molecular weight is 414 g/mol. The van der Waals surface area contributed by atoms with Gasteiger partial charge in [0.25, 0.3) is 11.5 Å². The number of hydrogen-bond acceptors (Lipinski definition) is 6. The molecule has 0 saturated heterocycles. The van der Waals surface area contributed by atoms with Crippen LogP contribution < -0.4 is 16.2 Å². The van der Waals surface area contributed by atoms with Gasteiger partial charge in [-0.05, 0) is 31.9 Å². The Morgan fingerprint density at radius 1 is 1.20 bits per heavy atom. The number of carbonyl (C=O) groups is 3. The second kappa shape index (κ2) is 10.00. The van der Waals surface area contributed by atoms with E-state index < -0.39 is 24.0 Å². The fourth-order valence-corrected chi connectivity index (χ4v) is 3.47. The molecule has 9 heteroatoms. The summed E-state index contributed by atoms with van der Waals surface area (Å²) in [4.78, 5) is 52.7. The van der Waals surface area contributed by atoms with E-state index >= 15 is 0 Å². The molecule has 1 aliphatic rings. The predicted molar refractivity (Wildman–Crippen MR) is 110 cm³/mol. The molecule has 0 bridgehead atoms. The second-order valence-corrected chi connectivity index (χ2v) is 7.44. The fraction of sp³-hybridized carbons (Fsp3) is 0.476. The molecule has 2 N–H and O–H groups in total. The van der Waals surface area contributed by atoms with Crippen molar-refractivity contribution in [2.24, 2.45) is 0 Å². The van der Waals surface area contributed by atoms with E-state index in [0.29, 0.717) is 10.9 Å². The highest BCUT2D eigenvalue weighted by molar-refractivity contribution is 5.97. The third-order valence-electron chi connectivity index (χ3n) is 5.14. The number of nitrogens with one attached hydrogen (secondary N) is 2. The van der Waals surface area contributed by atoms with Crippen molar-refractivity contribution in [2.75, 3.05) is 0 Å². The molecule has 1 aromatic carbocycles. The summed E-state index contributed by atoms with van der Waals surface area (Å²) in [5, 5.41) is 5.44. The van der Waals surface area contributed by atoms with E-state index in [-0.39, 0.29) is 24.6 Å². The molecule has 1 atom stereocenters. The lowest BCUT2D eigenvalue weighted by atomic mass is 9.96. The van der Waals surface area contributed by atoms with Crippen LogP contribution >= 0.6 is 0 Å². The Bertz CT molecular complexity index is 981. The van der Waals surface area contributed by atoms with Gasteiger partial charge in [-0.2, -0.15) is 0 Å². The fourth-order valence-electron chi connectivity index (χ4n) is 3.47. The Morgan fingerprint density at radius 2 is 1.93 bits per heavy atom. The molecule has 1 fully saturated rings. The number of ether oxygens (including phenoxy) is 1. The van der Waals surface area contributed by atoms with E-state index in [2.05, 4.69) is 15.6 Å². The van der Waals surface area contributed by atoms with Crippen molar-refractivity contribution in [3.63, 3.8) is 0 Å². The number of amides is 3. The van der Waals surface area contributed by atoms with E-state index in [4.69, 9.17) is 4.74 Å². The largest absolute Gasteiger partial charge is 0.452 e. The molecule has 1 heterocycles. The quantitative estimate of drug-likeness (QED) is 0.697. The number of para-hydroxylation sites is 1. The first kappa shape index (κ1) is 21.5. The molecule has 3 rings (SSSR count). The number of aromatic nitrogens is 2. The van der Waals surface area contributed by atoms with Gasteiger partial charge >= 0.3 is 12.0 Å². The summed E-state index contributed by atoms with van der Waals surface area (Å²) < 4.78 is 6.41. The number of imide groups is 1. The van der Waals surface area contributed by atoms with Crippen molar-refractivity contribution in [3.05, 3.63) is 40.9 Å². The Labute approximate surface area is 173 Å². The molecule has 30 heavy (non-hydrogen) atoms. The van der Waals surface area contributed by atoms with E-state index in [1.54, 1.807) is 24.3 Å². The summed E-state index contributed by atoms with van der Waals surface area (Å²) in [5.74, 6) is -1.34. The smallest absolute Gasteiger partial charge is 0.321 e. The number of rotatable bonds is 6. The molecule has 2 aromatic rings. The summed E-state index contributed by atoms with van der Waals surface area (Å²) >= 11 is 0. The lowest BCUT2D eigenvalue weighted by Gasteiger charge is -2.23. The molecule has 1 aliphatic carbocycles. The van der Waals surface area contributed by atoms with Gasteiger partial charge in [-0.15, -0.1) is 0 Å². The topological polar surface area (TPSA) is 119 Å². The number of carbonyl (C=O) groups excluding carboxylic acids is 3. The lowest BCUT2D eigenvalue weighted by Crippen LogP contribution is -2.48. The van der Waals surface area contributed by atoms with Crippen molar-refractivity contribution in [1.82, 2.24) is 20.2 Å². The predicted octanol–water partition coefficient (Wildman–Crippen LogP) is 1.88. The standard InChI is InChI=1S/C21H26N4O5/c1-14(19(27)24-21(29)23-15-7-3-2-4-8-15)30-18(26)11-12-25-13-22-17-10-6-5-9-16(17)20(25)28/h5-6,9-10,13-15H,2-4,7-8,11-12H2,1H3,(H2,23,24,27,29). The highest BCUT2D eigenvalue weighted by Gasteiger charge is 2.22. The van der Waals surface area contributed by atoms with Crippen LogP contribution in [0.5, 0.6) is 0 Å². The molecule has 0 aliphatic heterocycles. The number of urea groups is 1. The maximum Gasteiger partial charge on any atom is 0.321 e. The van der Waals surface area contributed by atoms with Crippen LogP contribution in [0, 0.1) is 0 Å². The zero-order valence-corrected chi connectivity index (χ0v) is 16.9. The first-order valence-corrected chi connectivity index (χ1v) is 10.2. The number of fused-ring (bicyclic) bond motifs is 1. The normalized spacial score (nSPS) is 15.4. The van der Waals surface area contributed by atoms with Crippen molar-refractivity contribution in [2.45, 2.75) is 64.1 Å². The summed E-state index contributed by atoms with van der Waals surface area (Å²) in [7, 11) is 0. The van der Waals surface area contributed by atoms with Gasteiger partial charge in [0.1, 0.15) is 0 Å². The molecule has 0 spiro atoms. The zero-order chi connectivity index (χ0) is 21.5. The van der Waals surface area contributed by atoms with Crippen LogP contribution in [0.3, 0.4) is 0 Å². The molecule has 9 nitrogen and oxygen atoms in total. The second-order valence-electron chi connectivity index (χ2n) is 7.44. The molecule has 1 saturated carbocycles. The first-order valence-electron chi connectivity index (χ1n) is 10.2. The monoisotopic (exact) mass is 414 g/mol. The highest BCUT2D eigenvalue weighted by atomic mass is 16.5. The van der Waals surface area contributed by atoms with Gasteiger partial charge < -0.3 is 10.1 Å². The summed E-state index contributed by atoms with van der Waals surface area (Å²) in [6.45, 7) is 1.47. The Hall–Kier alpha value is -3.23. The summed E-state index contributed by atoms with van der Waals surface area (Å²) in [6.07, 6.45) is 5.22. The zero-order valence-electron chi connectivity index (χ0n) is 16.9. The maximum atomic E-state index is 12.4. The summed E-state index contributed by atoms with van der Waals surface area (Å²) in [6, 6.07) is 6.43. The summed E-state index contributed by atoms with van der Waals surface area (Å²) in [5.41, 5.74) is 0.330. The molecule has 1 unspecified atom stereocenters. The van der Waals surface area contributed by atoms with Crippen LogP contribution in [0.2, 0.25) is 0 Å². The third kappa shape index (κ3) is 5.65. The number of esters is 1. The molecular weight excluding hydrogens is 388 g/mol. The van der Waals surface area contributed by atoms with Crippen LogP contribution in [0.1, 0.15) is 45.4 Å².